The zero-order valence-corrected chi connectivity index (χ0v) is 71.9. The van der Waals surface area contributed by atoms with E-state index >= 15 is 0 Å². The molecular weight excluding hydrogens is 1380 g/mol. The van der Waals surface area contributed by atoms with Crippen LogP contribution in [0.15, 0.2) is 0 Å². The highest BCUT2D eigenvalue weighted by atomic mass is 31.2. The smallest absolute Gasteiger partial charge is 0.462 e. The number of carbonyl (C=O) groups is 4. The van der Waals surface area contributed by atoms with E-state index in [9.17, 15) is 43.2 Å². The zero-order chi connectivity index (χ0) is 78.1. The van der Waals surface area contributed by atoms with Gasteiger partial charge >= 0.3 is 39.5 Å². The van der Waals surface area contributed by atoms with Gasteiger partial charge in [0.1, 0.15) is 19.3 Å². The number of carbonyl (C=O) groups excluding carboxylic acids is 4. The molecule has 0 aromatic carbocycles. The molecule has 17 nitrogen and oxygen atoms in total. The maximum absolute atomic E-state index is 13.2. The summed E-state index contributed by atoms with van der Waals surface area (Å²) in [4.78, 5) is 73.3. The first-order valence-corrected chi connectivity index (χ1v) is 47.7. The molecule has 0 spiro atoms. The number of aliphatic hydroxyl groups excluding tert-OH is 1. The molecule has 106 heavy (non-hydrogen) atoms. The predicted octanol–water partition coefficient (Wildman–Crippen LogP) is 26.3. The quantitative estimate of drug-likeness (QED) is 0.0222. The standard InChI is InChI=1S/C87H170O17P2/c1-77(2)63-55-47-39-31-25-19-14-11-9-10-12-16-23-29-35-45-53-61-69-86(91)103-82(73-97-84(89)67-59-51-43-34-28-22-17-13-15-20-26-32-40-48-56-64-78(3)4)75-101-105(93,94)99-71-81(88)72-100-106(95,96)102-76-83(74-98-85(90)68-60-52-44-38-37-42-50-58-66-80(7)8)104-87(92)70-62-54-46-36-30-24-18-21-27-33-41-49-57-65-79(5)6/h77-83,88H,9-76H2,1-8H3,(H,93,94)(H,95,96)/t81-,82-,83-/m1/s1. The fraction of sp³-hybridized carbons (Fsp3) is 0.954. The molecule has 0 aliphatic carbocycles. The normalized spacial score (nSPS) is 13.9. The average molecular weight is 1550 g/mol. The van der Waals surface area contributed by atoms with Crippen LogP contribution in [0.25, 0.3) is 0 Å². The van der Waals surface area contributed by atoms with Crippen LogP contribution in [0.4, 0.5) is 0 Å². The van der Waals surface area contributed by atoms with E-state index in [-0.39, 0.29) is 25.7 Å². The molecule has 0 aromatic rings. The van der Waals surface area contributed by atoms with Crippen molar-refractivity contribution in [3.63, 3.8) is 0 Å². The summed E-state index contributed by atoms with van der Waals surface area (Å²) in [7, 11) is -9.93. The van der Waals surface area contributed by atoms with Crippen LogP contribution in [0.3, 0.4) is 0 Å². The first kappa shape index (κ1) is 104. The molecule has 0 aromatic heterocycles. The van der Waals surface area contributed by atoms with Gasteiger partial charge in [-0.1, -0.05) is 402 Å². The molecule has 5 atom stereocenters. The monoisotopic (exact) mass is 1550 g/mol. The van der Waals surface area contributed by atoms with E-state index in [0.717, 1.165) is 114 Å². The van der Waals surface area contributed by atoms with Crippen molar-refractivity contribution in [1.82, 2.24) is 0 Å². The number of rotatable bonds is 84. The summed E-state index contributed by atoms with van der Waals surface area (Å²) in [6, 6.07) is 0. The summed E-state index contributed by atoms with van der Waals surface area (Å²) in [5, 5.41) is 10.7. The van der Waals surface area contributed by atoms with E-state index in [2.05, 4.69) is 55.4 Å². The largest absolute Gasteiger partial charge is 0.472 e. The Hall–Kier alpha value is -1.94. The van der Waals surface area contributed by atoms with E-state index in [0.29, 0.717) is 25.7 Å². The molecule has 0 rings (SSSR count). The van der Waals surface area contributed by atoms with Crippen molar-refractivity contribution < 1.29 is 80.2 Å². The molecule has 0 heterocycles. The summed E-state index contributed by atoms with van der Waals surface area (Å²) in [5.74, 6) is 1.03. The average Bonchev–Trinajstić information content (AvgIpc) is 0.901. The van der Waals surface area contributed by atoms with E-state index in [1.165, 1.54) is 257 Å². The third-order valence-corrected chi connectivity index (χ3v) is 22.2. The lowest BCUT2D eigenvalue weighted by atomic mass is 10.0. The molecule has 0 fully saturated rings. The second-order valence-corrected chi connectivity index (χ2v) is 36.1. The Bertz CT molecular complexity index is 2060. The number of phosphoric ester groups is 2. The van der Waals surface area contributed by atoms with Crippen LogP contribution >= 0.6 is 15.6 Å². The van der Waals surface area contributed by atoms with Gasteiger partial charge in [0.25, 0.3) is 0 Å². The molecule has 0 saturated heterocycles. The minimum Gasteiger partial charge on any atom is -0.462 e. The van der Waals surface area contributed by atoms with Crippen LogP contribution in [-0.2, 0) is 65.4 Å². The highest BCUT2D eigenvalue weighted by Gasteiger charge is 2.31. The first-order chi connectivity index (χ1) is 51.1. The minimum absolute atomic E-state index is 0.107. The van der Waals surface area contributed by atoms with Gasteiger partial charge in [0, 0.05) is 25.7 Å². The van der Waals surface area contributed by atoms with Gasteiger partial charge in [-0.05, 0) is 49.4 Å². The zero-order valence-electron chi connectivity index (χ0n) is 70.1. The number of hydrogen-bond acceptors (Lipinski definition) is 15. The predicted molar refractivity (Wildman–Crippen MR) is 437 cm³/mol. The number of unbranched alkanes of at least 4 members (excludes halogenated alkanes) is 50. The molecule has 3 N–H and O–H groups in total. The van der Waals surface area contributed by atoms with Gasteiger partial charge in [-0.2, -0.15) is 0 Å². The Labute approximate surface area is 651 Å². The highest BCUT2D eigenvalue weighted by molar-refractivity contribution is 7.47. The molecule has 0 bridgehead atoms. The van der Waals surface area contributed by atoms with Crippen molar-refractivity contribution in [2.24, 2.45) is 23.7 Å². The van der Waals surface area contributed by atoms with Gasteiger partial charge in [-0.3, -0.25) is 37.3 Å². The molecule has 630 valence electrons. The van der Waals surface area contributed by atoms with Crippen molar-refractivity contribution in [2.45, 2.75) is 472 Å². The van der Waals surface area contributed by atoms with Crippen LogP contribution in [0.5, 0.6) is 0 Å². The lowest BCUT2D eigenvalue weighted by molar-refractivity contribution is -0.161. The van der Waals surface area contributed by atoms with Gasteiger partial charge < -0.3 is 33.8 Å². The third-order valence-electron chi connectivity index (χ3n) is 20.3. The van der Waals surface area contributed by atoms with E-state index in [1.807, 2.05) is 0 Å². The molecular formula is C87H170O17P2. The highest BCUT2D eigenvalue weighted by Crippen LogP contribution is 2.45. The summed E-state index contributed by atoms with van der Waals surface area (Å²) < 4.78 is 68.9. The Kier molecular flexibility index (Phi) is 74.3. The summed E-state index contributed by atoms with van der Waals surface area (Å²) in [6.07, 6.45) is 65.3. The van der Waals surface area contributed by atoms with Gasteiger partial charge in [0.05, 0.1) is 26.4 Å². The summed E-state index contributed by atoms with van der Waals surface area (Å²) in [6.45, 7) is 14.3. The SMILES string of the molecule is CC(C)CCCCCCCCCCCCCCCCCCCCC(=O)O[C@H](COC(=O)CCCCCCCCCCCCCCCCCC(C)C)COP(=O)(O)OC[C@@H](O)COP(=O)(O)OC[C@@H](COC(=O)CCCCCCCCCCC(C)C)OC(=O)CCCCCCCCCCCCCCCC(C)C. The van der Waals surface area contributed by atoms with Crippen LogP contribution in [-0.4, -0.2) is 96.7 Å². The lowest BCUT2D eigenvalue weighted by Crippen LogP contribution is -2.30. The molecule has 0 saturated carbocycles. The molecule has 0 aliphatic heterocycles. The number of esters is 4. The lowest BCUT2D eigenvalue weighted by Gasteiger charge is -2.21. The molecule has 2 unspecified atom stereocenters. The second-order valence-electron chi connectivity index (χ2n) is 33.2. The van der Waals surface area contributed by atoms with Gasteiger partial charge in [-0.25, -0.2) is 9.13 Å². The number of ether oxygens (including phenoxy) is 4. The number of hydrogen-bond donors (Lipinski definition) is 3. The number of phosphoric acid groups is 2. The van der Waals surface area contributed by atoms with Crippen molar-refractivity contribution in [2.75, 3.05) is 39.6 Å². The van der Waals surface area contributed by atoms with Crippen LogP contribution in [0, 0.1) is 23.7 Å². The van der Waals surface area contributed by atoms with Gasteiger partial charge in [0.2, 0.25) is 0 Å². The topological polar surface area (TPSA) is 237 Å². The maximum Gasteiger partial charge on any atom is 0.472 e. The molecule has 0 aliphatic rings. The Morgan fingerprint density at radius 2 is 0.396 bits per heavy atom. The Morgan fingerprint density at radius 1 is 0.236 bits per heavy atom. The Morgan fingerprint density at radius 3 is 0.585 bits per heavy atom. The minimum atomic E-state index is -4.97. The molecule has 19 heteroatoms. The number of aliphatic hydroxyl groups is 1. The fourth-order valence-electron chi connectivity index (χ4n) is 13.5. The van der Waals surface area contributed by atoms with Crippen molar-refractivity contribution in [1.29, 1.82) is 0 Å². The third kappa shape index (κ3) is 80.1. The second kappa shape index (κ2) is 75.7. The van der Waals surface area contributed by atoms with Crippen molar-refractivity contribution in [3.8, 4) is 0 Å². The fourth-order valence-corrected chi connectivity index (χ4v) is 15.1. The molecule has 0 amide bonds. The Balaban J connectivity index is 5.24. The first-order valence-electron chi connectivity index (χ1n) is 44.7. The van der Waals surface area contributed by atoms with Crippen LogP contribution in [0.1, 0.15) is 453 Å². The maximum atomic E-state index is 13.2. The van der Waals surface area contributed by atoms with Crippen molar-refractivity contribution >= 4 is 39.5 Å². The van der Waals surface area contributed by atoms with E-state index in [4.69, 9.17) is 37.0 Å². The van der Waals surface area contributed by atoms with E-state index < -0.39 is 97.5 Å². The van der Waals surface area contributed by atoms with Gasteiger partial charge in [-0.15, -0.1) is 0 Å². The van der Waals surface area contributed by atoms with E-state index in [1.54, 1.807) is 0 Å². The van der Waals surface area contributed by atoms with Crippen LogP contribution < -0.4 is 0 Å². The van der Waals surface area contributed by atoms with Gasteiger partial charge in [0.15, 0.2) is 12.2 Å². The summed E-state index contributed by atoms with van der Waals surface area (Å²) >= 11 is 0. The van der Waals surface area contributed by atoms with Crippen molar-refractivity contribution in [3.05, 3.63) is 0 Å². The van der Waals surface area contributed by atoms with Crippen LogP contribution in [0.2, 0.25) is 0 Å². The summed E-state index contributed by atoms with van der Waals surface area (Å²) in [5.41, 5.74) is 0. The molecule has 0 radical (unpaired) electrons.